The average molecular weight is 300 g/mol. The second-order valence-corrected chi connectivity index (χ2v) is 4.62. The molecule has 0 aliphatic carbocycles. The molecule has 0 fully saturated rings. The van der Waals surface area contributed by atoms with Crippen molar-refractivity contribution in [2.24, 2.45) is 0 Å². The highest BCUT2D eigenvalue weighted by atomic mass is 19.1. The van der Waals surface area contributed by atoms with Gasteiger partial charge in [-0.05, 0) is 23.6 Å². The van der Waals surface area contributed by atoms with Crippen molar-refractivity contribution in [1.29, 1.82) is 0 Å². The van der Waals surface area contributed by atoms with E-state index in [4.69, 9.17) is 4.74 Å². The fourth-order valence-corrected chi connectivity index (χ4v) is 1.77. The predicted molar refractivity (Wildman–Crippen MR) is 82.5 cm³/mol. The van der Waals surface area contributed by atoms with Crippen molar-refractivity contribution >= 4 is 12.2 Å². The van der Waals surface area contributed by atoms with Crippen LogP contribution in [-0.2, 0) is 11.3 Å². The SMILES string of the molecule is O=C(NCCC=Cc1cncc(F)c1)OCc1ccccc1. The monoisotopic (exact) mass is 300 g/mol. The van der Waals surface area contributed by atoms with Crippen LogP contribution >= 0.6 is 0 Å². The number of alkyl carbamates (subject to hydrolysis) is 1. The molecule has 5 heteroatoms. The van der Waals surface area contributed by atoms with Gasteiger partial charge in [-0.3, -0.25) is 4.98 Å². The van der Waals surface area contributed by atoms with Crippen molar-refractivity contribution < 1.29 is 13.9 Å². The molecule has 1 aromatic heterocycles. The Balaban J connectivity index is 1.63. The van der Waals surface area contributed by atoms with Gasteiger partial charge in [0, 0.05) is 12.7 Å². The highest BCUT2D eigenvalue weighted by Crippen LogP contribution is 2.03. The maximum absolute atomic E-state index is 12.9. The summed E-state index contributed by atoms with van der Waals surface area (Å²) in [6.07, 6.45) is 6.49. The van der Waals surface area contributed by atoms with E-state index in [0.717, 1.165) is 11.8 Å². The first-order valence-electron chi connectivity index (χ1n) is 6.96. The summed E-state index contributed by atoms with van der Waals surface area (Å²) in [6, 6.07) is 10.9. The Labute approximate surface area is 128 Å². The van der Waals surface area contributed by atoms with E-state index in [2.05, 4.69) is 10.3 Å². The van der Waals surface area contributed by atoms with Crippen LogP contribution in [0.4, 0.5) is 9.18 Å². The van der Waals surface area contributed by atoms with Crippen LogP contribution in [0.5, 0.6) is 0 Å². The number of benzene rings is 1. The molecule has 0 saturated heterocycles. The summed E-state index contributed by atoms with van der Waals surface area (Å²) < 4.78 is 18.0. The predicted octanol–water partition coefficient (Wildman–Crippen LogP) is 3.55. The number of amides is 1. The van der Waals surface area contributed by atoms with Gasteiger partial charge in [-0.1, -0.05) is 42.5 Å². The first kappa shape index (κ1) is 15.7. The van der Waals surface area contributed by atoms with Gasteiger partial charge >= 0.3 is 6.09 Å². The normalized spacial score (nSPS) is 10.6. The zero-order chi connectivity index (χ0) is 15.6. The number of halogens is 1. The van der Waals surface area contributed by atoms with Crippen LogP contribution in [-0.4, -0.2) is 17.6 Å². The zero-order valence-electron chi connectivity index (χ0n) is 12.0. The minimum Gasteiger partial charge on any atom is -0.445 e. The Morgan fingerprint density at radius 1 is 1.27 bits per heavy atom. The Kier molecular flexibility index (Phi) is 6.11. The number of carbonyl (C=O) groups excluding carboxylic acids is 1. The number of ether oxygens (including phenoxy) is 1. The lowest BCUT2D eigenvalue weighted by Gasteiger charge is -2.05. The smallest absolute Gasteiger partial charge is 0.407 e. The molecule has 0 unspecified atom stereocenters. The molecule has 4 nitrogen and oxygen atoms in total. The van der Waals surface area contributed by atoms with Crippen molar-refractivity contribution in [2.45, 2.75) is 13.0 Å². The molecule has 2 rings (SSSR count). The van der Waals surface area contributed by atoms with Gasteiger partial charge in [0.1, 0.15) is 12.4 Å². The number of nitrogens with zero attached hydrogens (tertiary/aromatic N) is 1. The van der Waals surface area contributed by atoms with Gasteiger partial charge < -0.3 is 10.1 Å². The van der Waals surface area contributed by atoms with Crippen molar-refractivity contribution in [1.82, 2.24) is 10.3 Å². The minimum absolute atomic E-state index is 0.247. The standard InChI is InChI=1S/C17H17FN2O2/c18-16-10-15(11-19-12-16)8-4-5-9-20-17(21)22-13-14-6-2-1-3-7-14/h1-4,6-8,10-12H,5,9,13H2,(H,20,21). The highest BCUT2D eigenvalue weighted by Gasteiger charge is 2.00. The Hall–Kier alpha value is -2.69. The molecule has 22 heavy (non-hydrogen) atoms. The summed E-state index contributed by atoms with van der Waals surface area (Å²) in [6.45, 7) is 0.699. The van der Waals surface area contributed by atoms with Crippen LogP contribution in [0.2, 0.25) is 0 Å². The summed E-state index contributed by atoms with van der Waals surface area (Å²) in [4.78, 5) is 15.2. The van der Waals surface area contributed by atoms with Crippen molar-refractivity contribution in [3.63, 3.8) is 0 Å². The fourth-order valence-electron chi connectivity index (χ4n) is 1.77. The number of carbonyl (C=O) groups is 1. The molecule has 0 radical (unpaired) electrons. The van der Waals surface area contributed by atoms with Crippen LogP contribution in [0.3, 0.4) is 0 Å². The zero-order valence-corrected chi connectivity index (χ0v) is 12.0. The number of aromatic nitrogens is 1. The molecular formula is C17H17FN2O2. The number of hydrogen-bond acceptors (Lipinski definition) is 3. The molecule has 2 aromatic rings. The third kappa shape index (κ3) is 5.75. The summed E-state index contributed by atoms with van der Waals surface area (Å²) >= 11 is 0. The average Bonchev–Trinajstić information content (AvgIpc) is 2.54. The van der Waals surface area contributed by atoms with E-state index < -0.39 is 6.09 Å². The second kappa shape index (κ2) is 8.56. The number of nitrogens with one attached hydrogen (secondary N) is 1. The molecule has 0 saturated carbocycles. The first-order valence-corrected chi connectivity index (χ1v) is 6.96. The van der Waals surface area contributed by atoms with E-state index >= 15 is 0 Å². The van der Waals surface area contributed by atoms with Crippen LogP contribution in [0.1, 0.15) is 17.5 Å². The van der Waals surface area contributed by atoms with Crippen molar-refractivity contribution in [3.05, 3.63) is 71.8 Å². The van der Waals surface area contributed by atoms with Gasteiger partial charge in [0.2, 0.25) is 0 Å². The van der Waals surface area contributed by atoms with Gasteiger partial charge in [-0.25, -0.2) is 9.18 Å². The lowest BCUT2D eigenvalue weighted by molar-refractivity contribution is 0.140. The van der Waals surface area contributed by atoms with Crippen LogP contribution < -0.4 is 5.32 Å². The molecule has 0 aliphatic rings. The number of pyridine rings is 1. The molecule has 0 bridgehead atoms. The summed E-state index contributed by atoms with van der Waals surface area (Å²) in [7, 11) is 0. The van der Waals surface area contributed by atoms with Crippen LogP contribution in [0.25, 0.3) is 6.08 Å². The van der Waals surface area contributed by atoms with E-state index in [1.165, 1.54) is 6.07 Å². The lowest BCUT2D eigenvalue weighted by atomic mass is 10.2. The van der Waals surface area contributed by atoms with E-state index in [0.29, 0.717) is 18.5 Å². The fraction of sp³-hybridized carbons (Fsp3) is 0.176. The molecule has 1 aromatic carbocycles. The summed E-state index contributed by atoms with van der Waals surface area (Å²) in [5, 5.41) is 2.65. The van der Waals surface area contributed by atoms with E-state index in [1.54, 1.807) is 12.3 Å². The molecular weight excluding hydrogens is 283 g/mol. The molecule has 1 amide bonds. The van der Waals surface area contributed by atoms with Gasteiger partial charge in [0.05, 0.1) is 6.20 Å². The molecule has 0 atom stereocenters. The third-order valence-corrected chi connectivity index (χ3v) is 2.83. The van der Waals surface area contributed by atoms with Crippen LogP contribution in [0.15, 0.2) is 54.9 Å². The lowest BCUT2D eigenvalue weighted by Crippen LogP contribution is -2.24. The summed E-state index contributed by atoms with van der Waals surface area (Å²) in [5.74, 6) is -0.371. The topological polar surface area (TPSA) is 51.2 Å². The van der Waals surface area contributed by atoms with Gasteiger partial charge in [0.25, 0.3) is 0 Å². The number of rotatable bonds is 6. The molecule has 0 aliphatic heterocycles. The number of hydrogen-bond donors (Lipinski definition) is 1. The van der Waals surface area contributed by atoms with E-state index in [9.17, 15) is 9.18 Å². The van der Waals surface area contributed by atoms with Crippen molar-refractivity contribution in [3.8, 4) is 0 Å². The van der Waals surface area contributed by atoms with Gasteiger partial charge in [-0.2, -0.15) is 0 Å². The maximum atomic E-state index is 12.9. The summed E-state index contributed by atoms with van der Waals surface area (Å²) in [5.41, 5.74) is 1.63. The second-order valence-electron chi connectivity index (χ2n) is 4.62. The Bertz CT molecular complexity index is 630. The first-order chi connectivity index (χ1) is 10.7. The maximum Gasteiger partial charge on any atom is 0.407 e. The van der Waals surface area contributed by atoms with Crippen LogP contribution in [0, 0.1) is 5.82 Å². The Morgan fingerprint density at radius 3 is 2.86 bits per heavy atom. The molecule has 1 heterocycles. The van der Waals surface area contributed by atoms with Gasteiger partial charge in [-0.15, -0.1) is 0 Å². The third-order valence-electron chi connectivity index (χ3n) is 2.83. The quantitative estimate of drug-likeness (QED) is 0.830. The van der Waals surface area contributed by atoms with Crippen molar-refractivity contribution in [2.75, 3.05) is 6.54 Å². The Morgan fingerprint density at radius 2 is 2.09 bits per heavy atom. The molecule has 0 spiro atoms. The molecule has 114 valence electrons. The van der Waals surface area contributed by atoms with E-state index in [1.807, 2.05) is 36.4 Å². The van der Waals surface area contributed by atoms with E-state index in [-0.39, 0.29) is 12.4 Å². The highest BCUT2D eigenvalue weighted by molar-refractivity contribution is 5.67. The van der Waals surface area contributed by atoms with Gasteiger partial charge in [0.15, 0.2) is 0 Å². The molecule has 1 N–H and O–H groups in total. The largest absolute Gasteiger partial charge is 0.445 e. The minimum atomic E-state index is -0.454.